The lowest BCUT2D eigenvalue weighted by molar-refractivity contribution is -0.146. The molecule has 15 heavy (non-hydrogen) atoms. The number of methoxy groups -OCH3 is 1. The molecule has 3 nitrogen and oxygen atoms in total. The maximum absolute atomic E-state index is 12.6. The Morgan fingerprint density at radius 3 is 2.27 bits per heavy atom. The minimum Gasteiger partial charge on any atom is -0.467 e. The van der Waals surface area contributed by atoms with Crippen LogP contribution in [0.15, 0.2) is 24.3 Å². The largest absolute Gasteiger partial charge is 0.467 e. The van der Waals surface area contributed by atoms with Gasteiger partial charge in [0.05, 0.1) is 7.11 Å². The van der Waals surface area contributed by atoms with Gasteiger partial charge in [-0.3, -0.25) is 0 Å². The summed E-state index contributed by atoms with van der Waals surface area (Å²) >= 11 is 0. The van der Waals surface area contributed by atoms with Crippen LogP contribution in [0.5, 0.6) is 0 Å². The van der Waals surface area contributed by atoms with Gasteiger partial charge in [-0.1, -0.05) is 12.1 Å². The fraction of sp³-hybridized carbons (Fsp3) is 0.300. The second-order valence-corrected chi connectivity index (χ2v) is 3.20. The smallest absolute Gasteiger partial charge is 0.330 e. The highest BCUT2D eigenvalue weighted by Gasteiger charge is 2.31. The van der Waals surface area contributed by atoms with Crippen LogP contribution in [-0.4, -0.2) is 13.1 Å². The van der Waals surface area contributed by atoms with Gasteiger partial charge < -0.3 is 10.5 Å². The van der Waals surface area contributed by atoms with Crippen LogP contribution in [0, 0.1) is 5.82 Å². The molecule has 0 fully saturated rings. The molecule has 0 radical (unpaired) electrons. The van der Waals surface area contributed by atoms with E-state index in [1.54, 1.807) is 0 Å². The average molecular weight is 234 g/mol. The number of benzene rings is 1. The third kappa shape index (κ3) is 2.91. The zero-order valence-corrected chi connectivity index (χ0v) is 9.31. The molecule has 0 saturated carbocycles. The molecular formula is C10H13ClFNO2. The number of ether oxygens (including phenoxy) is 1. The zero-order valence-electron chi connectivity index (χ0n) is 8.49. The second-order valence-electron chi connectivity index (χ2n) is 3.20. The number of carbonyl (C=O) groups is 1. The molecule has 1 rings (SSSR count). The Balaban J connectivity index is 0.00000196. The molecule has 1 aromatic rings. The number of hydrogen-bond donors (Lipinski definition) is 1. The van der Waals surface area contributed by atoms with Gasteiger partial charge in [0, 0.05) is 0 Å². The van der Waals surface area contributed by atoms with E-state index in [1.165, 1.54) is 38.3 Å². The number of nitrogens with two attached hydrogens (primary N) is 1. The molecule has 1 aromatic carbocycles. The van der Waals surface area contributed by atoms with Gasteiger partial charge in [-0.2, -0.15) is 0 Å². The van der Waals surface area contributed by atoms with Crippen molar-refractivity contribution >= 4 is 18.4 Å². The molecule has 0 spiro atoms. The van der Waals surface area contributed by atoms with Crippen molar-refractivity contribution in [2.24, 2.45) is 5.73 Å². The number of hydrogen-bond acceptors (Lipinski definition) is 3. The quantitative estimate of drug-likeness (QED) is 0.790. The summed E-state index contributed by atoms with van der Waals surface area (Å²) in [5, 5.41) is 0. The number of halogens is 2. The van der Waals surface area contributed by atoms with E-state index >= 15 is 0 Å². The van der Waals surface area contributed by atoms with E-state index in [0.29, 0.717) is 5.56 Å². The average Bonchev–Trinajstić information content (AvgIpc) is 2.17. The van der Waals surface area contributed by atoms with E-state index in [9.17, 15) is 9.18 Å². The summed E-state index contributed by atoms with van der Waals surface area (Å²) in [5.41, 5.74) is 5.03. The van der Waals surface area contributed by atoms with Crippen LogP contribution in [-0.2, 0) is 15.1 Å². The summed E-state index contributed by atoms with van der Waals surface area (Å²) < 4.78 is 17.1. The summed E-state index contributed by atoms with van der Waals surface area (Å²) in [6.07, 6.45) is 0. The van der Waals surface area contributed by atoms with Crippen LogP contribution in [0.1, 0.15) is 12.5 Å². The molecular weight excluding hydrogens is 221 g/mol. The first-order chi connectivity index (χ1) is 6.48. The summed E-state index contributed by atoms with van der Waals surface area (Å²) in [6.45, 7) is 1.52. The van der Waals surface area contributed by atoms with Crippen LogP contribution in [0.3, 0.4) is 0 Å². The Morgan fingerprint density at radius 1 is 1.40 bits per heavy atom. The number of esters is 1. The van der Waals surface area contributed by atoms with Crippen LogP contribution < -0.4 is 5.73 Å². The first kappa shape index (κ1) is 13.9. The van der Waals surface area contributed by atoms with Crippen LogP contribution >= 0.6 is 12.4 Å². The Labute approximate surface area is 93.8 Å². The van der Waals surface area contributed by atoms with Gasteiger partial charge in [0.1, 0.15) is 11.4 Å². The number of carbonyl (C=O) groups excluding carboxylic acids is 1. The minimum atomic E-state index is -1.23. The van der Waals surface area contributed by atoms with Gasteiger partial charge in [0.15, 0.2) is 0 Å². The summed E-state index contributed by atoms with van der Waals surface area (Å²) in [7, 11) is 1.26. The van der Waals surface area contributed by atoms with E-state index in [-0.39, 0.29) is 18.2 Å². The maximum Gasteiger partial charge on any atom is 0.330 e. The Kier molecular flexibility index (Phi) is 4.71. The Morgan fingerprint density at radius 2 is 1.87 bits per heavy atom. The molecule has 0 aliphatic rings. The molecule has 0 saturated heterocycles. The minimum absolute atomic E-state index is 0. The zero-order chi connectivity index (χ0) is 10.8. The summed E-state index contributed by atoms with van der Waals surface area (Å²) in [5.74, 6) is -0.918. The first-order valence-electron chi connectivity index (χ1n) is 4.12. The van der Waals surface area contributed by atoms with E-state index in [2.05, 4.69) is 4.74 Å². The van der Waals surface area contributed by atoms with Crippen molar-refractivity contribution in [3.63, 3.8) is 0 Å². The van der Waals surface area contributed by atoms with Crippen LogP contribution in [0.4, 0.5) is 4.39 Å². The van der Waals surface area contributed by atoms with E-state index < -0.39 is 11.5 Å². The molecule has 0 heterocycles. The number of rotatable bonds is 2. The van der Waals surface area contributed by atoms with Crippen molar-refractivity contribution in [2.75, 3.05) is 7.11 Å². The van der Waals surface area contributed by atoms with E-state index in [0.717, 1.165) is 0 Å². The summed E-state index contributed by atoms with van der Waals surface area (Å²) in [4.78, 5) is 11.3. The predicted molar refractivity (Wildman–Crippen MR) is 57.2 cm³/mol. The van der Waals surface area contributed by atoms with Crippen molar-refractivity contribution in [2.45, 2.75) is 12.5 Å². The third-order valence-electron chi connectivity index (χ3n) is 2.05. The van der Waals surface area contributed by atoms with Gasteiger partial charge in [-0.25, -0.2) is 9.18 Å². The molecule has 1 unspecified atom stereocenters. The van der Waals surface area contributed by atoms with Gasteiger partial charge in [0.25, 0.3) is 0 Å². The highest BCUT2D eigenvalue weighted by Crippen LogP contribution is 2.19. The van der Waals surface area contributed by atoms with Crippen molar-refractivity contribution < 1.29 is 13.9 Å². The maximum atomic E-state index is 12.6. The molecule has 1 atom stereocenters. The Hall–Kier alpha value is -1.13. The van der Waals surface area contributed by atoms with Crippen molar-refractivity contribution in [3.05, 3.63) is 35.6 Å². The highest BCUT2D eigenvalue weighted by molar-refractivity contribution is 5.85. The SMILES string of the molecule is COC(=O)C(C)(N)c1ccc(F)cc1.Cl. The molecule has 0 amide bonds. The molecule has 5 heteroatoms. The van der Waals surface area contributed by atoms with Crippen LogP contribution in [0.2, 0.25) is 0 Å². The highest BCUT2D eigenvalue weighted by atomic mass is 35.5. The fourth-order valence-corrected chi connectivity index (χ4v) is 1.13. The Bertz CT molecular complexity index is 338. The topological polar surface area (TPSA) is 52.3 Å². The first-order valence-corrected chi connectivity index (χ1v) is 4.12. The normalized spacial score (nSPS) is 13.6. The van der Waals surface area contributed by atoms with Gasteiger partial charge >= 0.3 is 5.97 Å². The van der Waals surface area contributed by atoms with Crippen molar-refractivity contribution in [1.82, 2.24) is 0 Å². The molecule has 0 aliphatic carbocycles. The molecule has 0 aliphatic heterocycles. The summed E-state index contributed by atoms with van der Waals surface area (Å²) in [6, 6.07) is 5.44. The van der Waals surface area contributed by atoms with Crippen LogP contribution in [0.25, 0.3) is 0 Å². The molecule has 0 bridgehead atoms. The molecule has 0 aromatic heterocycles. The van der Waals surface area contributed by atoms with Crippen molar-refractivity contribution in [3.8, 4) is 0 Å². The van der Waals surface area contributed by atoms with Crippen molar-refractivity contribution in [1.29, 1.82) is 0 Å². The second kappa shape index (κ2) is 5.09. The van der Waals surface area contributed by atoms with Gasteiger partial charge in [0.2, 0.25) is 0 Å². The van der Waals surface area contributed by atoms with Gasteiger partial charge in [-0.15, -0.1) is 12.4 Å². The predicted octanol–water partition coefficient (Wildman–Crippen LogP) is 1.59. The van der Waals surface area contributed by atoms with E-state index in [1.807, 2.05) is 0 Å². The lowest BCUT2D eigenvalue weighted by Gasteiger charge is -2.21. The standard InChI is InChI=1S/C10H12FNO2.ClH/c1-10(12,9(13)14-2)7-3-5-8(11)6-4-7;/h3-6H,12H2,1-2H3;1H. The molecule has 2 N–H and O–H groups in total. The van der Waals surface area contributed by atoms with Gasteiger partial charge in [-0.05, 0) is 24.6 Å². The lowest BCUT2D eigenvalue weighted by atomic mass is 9.93. The lowest BCUT2D eigenvalue weighted by Crippen LogP contribution is -2.42. The van der Waals surface area contributed by atoms with E-state index in [4.69, 9.17) is 5.73 Å². The fourth-order valence-electron chi connectivity index (χ4n) is 1.13. The third-order valence-corrected chi connectivity index (χ3v) is 2.05. The molecule has 84 valence electrons. The monoisotopic (exact) mass is 233 g/mol.